The van der Waals surface area contributed by atoms with Crippen molar-refractivity contribution in [3.63, 3.8) is 0 Å². The van der Waals surface area contributed by atoms with Gasteiger partial charge < -0.3 is 19.8 Å². The van der Waals surface area contributed by atoms with Crippen LogP contribution in [0.15, 0.2) is 0 Å². The number of rotatable bonds is 2. The van der Waals surface area contributed by atoms with Crippen molar-refractivity contribution in [2.75, 3.05) is 32.8 Å². The third kappa shape index (κ3) is 2.69. The van der Waals surface area contributed by atoms with Crippen LogP contribution in [0.5, 0.6) is 0 Å². The van der Waals surface area contributed by atoms with Gasteiger partial charge in [0.15, 0.2) is 0 Å². The number of likely N-dealkylation sites (tertiary alicyclic amines) is 1. The summed E-state index contributed by atoms with van der Waals surface area (Å²) < 4.78 is 5.85. The average Bonchev–Trinajstić information content (AvgIpc) is 2.22. The fraction of sp³-hybridized carbons (Fsp3) is 1.00. The molecule has 4 heteroatoms. The van der Waals surface area contributed by atoms with Crippen molar-refractivity contribution in [3.8, 4) is 0 Å². The van der Waals surface area contributed by atoms with Crippen LogP contribution in [0.3, 0.4) is 0 Å². The number of β-amino-alcohol motifs (C(OH)–C–C–N with tert-alkyl or cyclic N) is 1. The average molecular weight is 215 g/mol. The van der Waals surface area contributed by atoms with Gasteiger partial charge in [0, 0.05) is 32.7 Å². The minimum absolute atomic E-state index is 0.0659. The van der Waals surface area contributed by atoms with Gasteiger partial charge in [-0.3, -0.25) is 0 Å². The molecule has 0 aromatic carbocycles. The van der Waals surface area contributed by atoms with E-state index in [0.29, 0.717) is 6.61 Å². The van der Waals surface area contributed by atoms with Crippen molar-refractivity contribution >= 4 is 0 Å². The summed E-state index contributed by atoms with van der Waals surface area (Å²) in [5, 5.41) is 18.5. The van der Waals surface area contributed by atoms with Crippen LogP contribution < -0.4 is 0 Å². The Balaban J connectivity index is 1.85. The first-order valence-corrected chi connectivity index (χ1v) is 5.89. The molecule has 15 heavy (non-hydrogen) atoms. The third-order valence-corrected chi connectivity index (χ3v) is 3.65. The summed E-state index contributed by atoms with van der Waals surface area (Å²) in [5.74, 6) is 0. The van der Waals surface area contributed by atoms with Gasteiger partial charge in [0.05, 0.1) is 18.3 Å². The number of aliphatic hydroxyl groups excluding tert-OH is 2. The van der Waals surface area contributed by atoms with Gasteiger partial charge in [0.25, 0.3) is 0 Å². The van der Waals surface area contributed by atoms with Crippen LogP contribution in [-0.2, 0) is 4.74 Å². The van der Waals surface area contributed by atoms with Gasteiger partial charge in [-0.2, -0.15) is 0 Å². The highest BCUT2D eigenvalue weighted by Crippen LogP contribution is 2.34. The highest BCUT2D eigenvalue weighted by Gasteiger charge is 2.39. The number of hydrogen-bond acceptors (Lipinski definition) is 4. The van der Waals surface area contributed by atoms with Crippen molar-refractivity contribution in [2.24, 2.45) is 0 Å². The topological polar surface area (TPSA) is 52.9 Å². The van der Waals surface area contributed by atoms with E-state index in [1.807, 2.05) is 0 Å². The largest absolute Gasteiger partial charge is 0.395 e. The van der Waals surface area contributed by atoms with Crippen molar-refractivity contribution in [3.05, 3.63) is 0 Å². The van der Waals surface area contributed by atoms with Crippen LogP contribution in [0.1, 0.15) is 25.7 Å². The molecule has 1 spiro atoms. The molecule has 2 saturated heterocycles. The minimum atomic E-state index is -0.178. The number of piperidine rings is 1. The molecule has 0 radical (unpaired) electrons. The first kappa shape index (κ1) is 11.3. The van der Waals surface area contributed by atoms with E-state index in [-0.39, 0.29) is 18.3 Å². The highest BCUT2D eigenvalue weighted by molar-refractivity contribution is 4.91. The fourth-order valence-electron chi connectivity index (χ4n) is 2.68. The standard InChI is InChI=1S/C11H21NO3/c13-7-6-12-4-2-11(3-5-12)9-10(14)1-8-15-11/h10,13-14H,1-9H2/t10-/m1/s1. The summed E-state index contributed by atoms with van der Waals surface area (Å²) in [5.41, 5.74) is -0.0659. The van der Waals surface area contributed by atoms with Crippen LogP contribution in [0.25, 0.3) is 0 Å². The fourth-order valence-corrected chi connectivity index (χ4v) is 2.68. The van der Waals surface area contributed by atoms with Gasteiger partial charge in [-0.05, 0) is 19.3 Å². The van der Waals surface area contributed by atoms with E-state index >= 15 is 0 Å². The Labute approximate surface area is 90.8 Å². The first-order valence-electron chi connectivity index (χ1n) is 5.89. The first-order chi connectivity index (χ1) is 7.24. The second-order valence-corrected chi connectivity index (χ2v) is 4.74. The van der Waals surface area contributed by atoms with Gasteiger partial charge in [-0.1, -0.05) is 0 Å². The Morgan fingerprint density at radius 1 is 1.33 bits per heavy atom. The van der Waals surface area contributed by atoms with Crippen molar-refractivity contribution < 1.29 is 14.9 Å². The lowest BCUT2D eigenvalue weighted by Gasteiger charge is -2.45. The molecule has 2 N–H and O–H groups in total. The molecule has 0 aromatic rings. The Morgan fingerprint density at radius 3 is 2.67 bits per heavy atom. The van der Waals surface area contributed by atoms with E-state index in [1.54, 1.807) is 0 Å². The van der Waals surface area contributed by atoms with Gasteiger partial charge in [-0.25, -0.2) is 0 Å². The summed E-state index contributed by atoms with van der Waals surface area (Å²) in [6.45, 7) is 3.65. The molecule has 2 fully saturated rings. The predicted molar refractivity (Wildman–Crippen MR) is 56.7 cm³/mol. The zero-order valence-corrected chi connectivity index (χ0v) is 9.19. The SMILES string of the molecule is OCCN1CCC2(CC1)C[C@H](O)CCO2. The summed E-state index contributed by atoms with van der Waals surface area (Å²) in [6.07, 6.45) is 3.37. The van der Waals surface area contributed by atoms with E-state index < -0.39 is 0 Å². The second kappa shape index (κ2) is 4.78. The molecule has 0 amide bonds. The van der Waals surface area contributed by atoms with Gasteiger partial charge >= 0.3 is 0 Å². The smallest absolute Gasteiger partial charge is 0.0731 e. The highest BCUT2D eigenvalue weighted by atomic mass is 16.5. The third-order valence-electron chi connectivity index (χ3n) is 3.65. The van der Waals surface area contributed by atoms with Crippen molar-refractivity contribution in [1.82, 2.24) is 4.90 Å². The van der Waals surface area contributed by atoms with E-state index in [9.17, 15) is 5.11 Å². The van der Waals surface area contributed by atoms with Gasteiger partial charge in [-0.15, -0.1) is 0 Å². The lowest BCUT2D eigenvalue weighted by atomic mass is 9.83. The molecule has 0 unspecified atom stereocenters. The van der Waals surface area contributed by atoms with Crippen LogP contribution in [-0.4, -0.2) is 59.7 Å². The van der Waals surface area contributed by atoms with E-state index in [4.69, 9.17) is 9.84 Å². The summed E-state index contributed by atoms with van der Waals surface area (Å²) in [4.78, 5) is 2.26. The molecular formula is C11H21NO3. The molecular weight excluding hydrogens is 194 g/mol. The molecule has 2 heterocycles. The van der Waals surface area contributed by atoms with E-state index in [1.165, 1.54) is 0 Å². The maximum Gasteiger partial charge on any atom is 0.0731 e. The zero-order chi connectivity index (χ0) is 10.7. The quantitative estimate of drug-likeness (QED) is 0.680. The van der Waals surface area contributed by atoms with Crippen LogP contribution in [0, 0.1) is 0 Å². The summed E-state index contributed by atoms with van der Waals surface area (Å²) in [6, 6.07) is 0. The molecule has 2 aliphatic rings. The maximum atomic E-state index is 9.66. The second-order valence-electron chi connectivity index (χ2n) is 4.74. The molecule has 2 rings (SSSR count). The van der Waals surface area contributed by atoms with Crippen LogP contribution in [0.4, 0.5) is 0 Å². The molecule has 88 valence electrons. The minimum Gasteiger partial charge on any atom is -0.395 e. The van der Waals surface area contributed by atoms with Crippen molar-refractivity contribution in [1.29, 1.82) is 0 Å². The number of ether oxygens (including phenoxy) is 1. The Hall–Kier alpha value is -0.160. The number of aliphatic hydroxyl groups is 2. The molecule has 0 aromatic heterocycles. The molecule has 0 saturated carbocycles. The molecule has 2 aliphatic heterocycles. The number of nitrogens with zero attached hydrogens (tertiary/aromatic N) is 1. The monoisotopic (exact) mass is 215 g/mol. The Kier molecular flexibility index (Phi) is 3.61. The predicted octanol–water partition coefficient (Wildman–Crippen LogP) is -0.0154. The van der Waals surface area contributed by atoms with E-state index in [2.05, 4.69) is 4.90 Å². The summed E-state index contributed by atoms with van der Waals surface area (Å²) >= 11 is 0. The summed E-state index contributed by atoms with van der Waals surface area (Å²) in [7, 11) is 0. The maximum absolute atomic E-state index is 9.66. The van der Waals surface area contributed by atoms with Crippen molar-refractivity contribution in [2.45, 2.75) is 37.4 Å². The molecule has 0 bridgehead atoms. The lowest BCUT2D eigenvalue weighted by Crippen LogP contribution is -2.50. The molecule has 1 atom stereocenters. The van der Waals surface area contributed by atoms with Gasteiger partial charge in [0.1, 0.15) is 0 Å². The zero-order valence-electron chi connectivity index (χ0n) is 9.19. The Bertz CT molecular complexity index is 202. The van der Waals surface area contributed by atoms with E-state index in [0.717, 1.165) is 45.3 Å². The molecule has 4 nitrogen and oxygen atoms in total. The van der Waals surface area contributed by atoms with Crippen LogP contribution >= 0.6 is 0 Å². The van der Waals surface area contributed by atoms with Crippen LogP contribution in [0.2, 0.25) is 0 Å². The normalized spacial score (nSPS) is 32.0. The number of hydrogen-bond donors (Lipinski definition) is 2. The lowest BCUT2D eigenvalue weighted by molar-refractivity contribution is -0.143. The molecule has 0 aliphatic carbocycles. The van der Waals surface area contributed by atoms with Gasteiger partial charge in [0.2, 0.25) is 0 Å². The Morgan fingerprint density at radius 2 is 2.07 bits per heavy atom.